The number of nitrogens with two attached hydrogens (primary N) is 1. The minimum atomic E-state index is 0.0717. The summed E-state index contributed by atoms with van der Waals surface area (Å²) in [5, 5.41) is 11.5. The van der Waals surface area contributed by atoms with Crippen molar-refractivity contribution >= 4 is 21.8 Å². The zero-order valence-electron chi connectivity index (χ0n) is 9.38. The summed E-state index contributed by atoms with van der Waals surface area (Å²) in [6.45, 7) is 0. The average molecular weight is 307 g/mol. The number of nitrogens with zero attached hydrogens (tertiary/aromatic N) is 1. The normalized spacial score (nSPS) is 11.3. The highest BCUT2D eigenvalue weighted by Gasteiger charge is 2.03. The van der Waals surface area contributed by atoms with Crippen LogP contribution >= 0.6 is 15.9 Å². The fourth-order valence-corrected chi connectivity index (χ4v) is 1.77. The van der Waals surface area contributed by atoms with Gasteiger partial charge in [0.2, 0.25) is 0 Å². The quantitative estimate of drug-likeness (QED) is 0.395. The number of halogens is 1. The molecule has 0 aliphatic carbocycles. The molecule has 0 bridgehead atoms. The van der Waals surface area contributed by atoms with Crippen LogP contribution in [0.5, 0.6) is 11.5 Å². The lowest BCUT2D eigenvalue weighted by Gasteiger charge is -2.07. The molecule has 0 heterocycles. The van der Waals surface area contributed by atoms with Gasteiger partial charge >= 0.3 is 0 Å². The van der Waals surface area contributed by atoms with E-state index in [1.54, 1.807) is 24.3 Å². The minimum Gasteiger partial charge on any atom is -0.456 e. The van der Waals surface area contributed by atoms with E-state index in [2.05, 4.69) is 21.1 Å². The Bertz CT molecular complexity index is 567. The zero-order valence-corrected chi connectivity index (χ0v) is 11.0. The average Bonchev–Trinajstić information content (AvgIpc) is 2.41. The molecule has 0 radical (unpaired) electrons. The van der Waals surface area contributed by atoms with Crippen LogP contribution < -0.4 is 10.5 Å². The molecule has 18 heavy (non-hydrogen) atoms. The summed E-state index contributed by atoms with van der Waals surface area (Å²) in [5.41, 5.74) is 6.11. The van der Waals surface area contributed by atoms with Crippen LogP contribution in [0.1, 0.15) is 5.56 Å². The van der Waals surface area contributed by atoms with Crippen LogP contribution in [0.3, 0.4) is 0 Å². The van der Waals surface area contributed by atoms with Gasteiger partial charge in [-0.05, 0) is 52.3 Å². The van der Waals surface area contributed by atoms with Gasteiger partial charge in [-0.3, -0.25) is 0 Å². The van der Waals surface area contributed by atoms with Crippen molar-refractivity contribution in [3.05, 3.63) is 58.6 Å². The maximum absolute atomic E-state index is 8.55. The van der Waals surface area contributed by atoms with E-state index in [1.165, 1.54) is 0 Å². The molecule has 0 spiro atoms. The lowest BCUT2D eigenvalue weighted by molar-refractivity contribution is 0.318. The van der Waals surface area contributed by atoms with E-state index < -0.39 is 0 Å². The third kappa shape index (κ3) is 2.81. The molecule has 0 saturated heterocycles. The zero-order chi connectivity index (χ0) is 13.0. The Morgan fingerprint density at radius 3 is 2.39 bits per heavy atom. The molecule has 4 nitrogen and oxygen atoms in total. The molecule has 92 valence electrons. The smallest absolute Gasteiger partial charge is 0.170 e. The lowest BCUT2D eigenvalue weighted by atomic mass is 10.2. The summed E-state index contributed by atoms with van der Waals surface area (Å²) in [7, 11) is 0. The Hall–Kier alpha value is -2.01. The molecule has 2 rings (SSSR count). The standard InChI is InChI=1S/C13H11BrN2O2/c14-11-3-1-2-4-12(11)18-10-7-5-9(6-8-10)13(15)16-17/h1-8,17H,(H2,15,16). The summed E-state index contributed by atoms with van der Waals surface area (Å²) in [6.07, 6.45) is 0. The summed E-state index contributed by atoms with van der Waals surface area (Å²) in [4.78, 5) is 0. The van der Waals surface area contributed by atoms with E-state index in [4.69, 9.17) is 15.7 Å². The first-order chi connectivity index (χ1) is 8.70. The van der Waals surface area contributed by atoms with Gasteiger partial charge < -0.3 is 15.7 Å². The molecule has 2 aromatic carbocycles. The summed E-state index contributed by atoms with van der Waals surface area (Å²) >= 11 is 3.41. The van der Waals surface area contributed by atoms with Crippen molar-refractivity contribution in [2.75, 3.05) is 0 Å². The molecule has 0 saturated carbocycles. The van der Waals surface area contributed by atoms with Crippen molar-refractivity contribution in [2.24, 2.45) is 10.9 Å². The second-order valence-corrected chi connectivity index (χ2v) is 4.40. The Kier molecular flexibility index (Phi) is 3.84. The predicted molar refractivity (Wildman–Crippen MR) is 73.2 cm³/mol. The van der Waals surface area contributed by atoms with Crippen molar-refractivity contribution in [3.8, 4) is 11.5 Å². The SMILES string of the molecule is N/C(=N\O)c1ccc(Oc2ccccc2Br)cc1. The Morgan fingerprint density at radius 2 is 1.78 bits per heavy atom. The maximum Gasteiger partial charge on any atom is 0.170 e. The van der Waals surface area contributed by atoms with E-state index in [0.29, 0.717) is 11.3 Å². The van der Waals surface area contributed by atoms with Crippen molar-refractivity contribution < 1.29 is 9.94 Å². The van der Waals surface area contributed by atoms with Gasteiger partial charge in [0.25, 0.3) is 0 Å². The van der Waals surface area contributed by atoms with Crippen LogP contribution in [0.25, 0.3) is 0 Å². The van der Waals surface area contributed by atoms with E-state index in [1.807, 2.05) is 24.3 Å². The highest BCUT2D eigenvalue weighted by Crippen LogP contribution is 2.29. The molecule has 0 unspecified atom stereocenters. The molecule has 2 aromatic rings. The molecule has 0 aliphatic rings. The number of oxime groups is 1. The van der Waals surface area contributed by atoms with Crippen LogP contribution in [0.2, 0.25) is 0 Å². The van der Waals surface area contributed by atoms with E-state index in [-0.39, 0.29) is 5.84 Å². The van der Waals surface area contributed by atoms with Gasteiger partial charge in [-0.1, -0.05) is 17.3 Å². The number of hydrogen-bond acceptors (Lipinski definition) is 3. The first-order valence-corrected chi connectivity index (χ1v) is 6.00. The maximum atomic E-state index is 8.55. The highest BCUT2D eigenvalue weighted by molar-refractivity contribution is 9.10. The molecule has 5 heteroatoms. The fraction of sp³-hybridized carbons (Fsp3) is 0. The number of para-hydroxylation sites is 1. The number of amidine groups is 1. The van der Waals surface area contributed by atoms with Crippen molar-refractivity contribution in [1.82, 2.24) is 0 Å². The molecular weight excluding hydrogens is 296 g/mol. The number of rotatable bonds is 3. The van der Waals surface area contributed by atoms with Crippen LogP contribution in [-0.4, -0.2) is 11.0 Å². The number of hydrogen-bond donors (Lipinski definition) is 2. The lowest BCUT2D eigenvalue weighted by Crippen LogP contribution is -2.12. The summed E-state index contributed by atoms with van der Waals surface area (Å²) in [5.74, 6) is 1.48. The van der Waals surface area contributed by atoms with Gasteiger partial charge in [0.1, 0.15) is 11.5 Å². The first kappa shape index (κ1) is 12.4. The van der Waals surface area contributed by atoms with Crippen LogP contribution in [0, 0.1) is 0 Å². The van der Waals surface area contributed by atoms with Crippen molar-refractivity contribution in [2.45, 2.75) is 0 Å². The monoisotopic (exact) mass is 306 g/mol. The highest BCUT2D eigenvalue weighted by atomic mass is 79.9. The Balaban J connectivity index is 2.19. The number of benzene rings is 2. The van der Waals surface area contributed by atoms with Crippen LogP contribution in [0.4, 0.5) is 0 Å². The molecular formula is C13H11BrN2O2. The first-order valence-electron chi connectivity index (χ1n) is 5.21. The molecule has 0 aromatic heterocycles. The minimum absolute atomic E-state index is 0.0717. The molecule has 0 fully saturated rings. The second-order valence-electron chi connectivity index (χ2n) is 3.54. The Morgan fingerprint density at radius 1 is 1.11 bits per heavy atom. The van der Waals surface area contributed by atoms with Gasteiger partial charge in [0.05, 0.1) is 4.47 Å². The van der Waals surface area contributed by atoms with Crippen LogP contribution in [0.15, 0.2) is 58.2 Å². The van der Waals surface area contributed by atoms with Gasteiger partial charge in [0.15, 0.2) is 5.84 Å². The van der Waals surface area contributed by atoms with Gasteiger partial charge in [-0.15, -0.1) is 0 Å². The van der Waals surface area contributed by atoms with Crippen molar-refractivity contribution in [1.29, 1.82) is 0 Å². The second kappa shape index (κ2) is 5.55. The molecule has 0 atom stereocenters. The van der Waals surface area contributed by atoms with Gasteiger partial charge in [-0.25, -0.2) is 0 Å². The van der Waals surface area contributed by atoms with E-state index in [9.17, 15) is 0 Å². The van der Waals surface area contributed by atoms with Crippen molar-refractivity contribution in [3.63, 3.8) is 0 Å². The summed E-state index contributed by atoms with van der Waals surface area (Å²) in [6, 6.07) is 14.5. The Labute approximate surface area is 113 Å². The third-order valence-electron chi connectivity index (χ3n) is 2.32. The molecule has 0 amide bonds. The van der Waals surface area contributed by atoms with E-state index in [0.717, 1.165) is 10.2 Å². The molecule has 0 aliphatic heterocycles. The van der Waals surface area contributed by atoms with Gasteiger partial charge in [-0.2, -0.15) is 0 Å². The van der Waals surface area contributed by atoms with Gasteiger partial charge in [0, 0.05) is 5.56 Å². The molecule has 3 N–H and O–H groups in total. The van der Waals surface area contributed by atoms with Crippen LogP contribution in [-0.2, 0) is 0 Å². The predicted octanol–water partition coefficient (Wildman–Crippen LogP) is 3.34. The number of ether oxygens (including phenoxy) is 1. The fourth-order valence-electron chi connectivity index (χ4n) is 1.41. The topological polar surface area (TPSA) is 67.8 Å². The summed E-state index contributed by atoms with van der Waals surface area (Å²) < 4.78 is 6.57. The third-order valence-corrected chi connectivity index (χ3v) is 2.98. The van der Waals surface area contributed by atoms with E-state index >= 15 is 0 Å². The largest absolute Gasteiger partial charge is 0.456 e.